The third-order valence-corrected chi connectivity index (χ3v) is 4.31. The summed E-state index contributed by atoms with van der Waals surface area (Å²) in [5.41, 5.74) is 5.17. The molecule has 104 valence electrons. The zero-order valence-electron chi connectivity index (χ0n) is 12.0. The molecular weight excluding hydrogens is 280 g/mol. The van der Waals surface area contributed by atoms with Crippen molar-refractivity contribution in [3.63, 3.8) is 0 Å². The lowest BCUT2D eigenvalue weighted by atomic mass is 10.1. The van der Waals surface area contributed by atoms with Crippen molar-refractivity contribution < 1.29 is 0 Å². The molecule has 3 heteroatoms. The topological polar surface area (TPSA) is 28.7 Å². The number of nitriles is 1. The molecule has 2 aromatic carbocycles. The Labute approximate surface area is 129 Å². The third-order valence-electron chi connectivity index (χ3n) is 3.92. The van der Waals surface area contributed by atoms with E-state index < -0.39 is 0 Å². The molecule has 0 unspecified atom stereocenters. The molecule has 0 atom stereocenters. The Balaban J connectivity index is 2.26. The van der Waals surface area contributed by atoms with Crippen LogP contribution in [0.5, 0.6) is 0 Å². The molecule has 0 aliphatic rings. The standard InChI is InChI=1S/C18H15ClN2/c1-12-6-3-4-8-14(12)11-21-17-13(2)7-5-9-15(17)16(10-20)18(21)19/h3-9H,11H2,1-2H3. The molecule has 2 nitrogen and oxygen atoms in total. The quantitative estimate of drug-likeness (QED) is 0.665. The highest BCUT2D eigenvalue weighted by Crippen LogP contribution is 2.32. The summed E-state index contributed by atoms with van der Waals surface area (Å²) in [5, 5.41) is 10.8. The van der Waals surface area contributed by atoms with Crippen molar-refractivity contribution in [1.82, 2.24) is 4.57 Å². The molecule has 0 amide bonds. The van der Waals surface area contributed by atoms with Gasteiger partial charge in [0.15, 0.2) is 0 Å². The van der Waals surface area contributed by atoms with Crippen LogP contribution in [0.4, 0.5) is 0 Å². The Bertz CT molecular complexity index is 869. The van der Waals surface area contributed by atoms with E-state index in [4.69, 9.17) is 11.6 Å². The van der Waals surface area contributed by atoms with Crippen LogP contribution in [0.25, 0.3) is 10.9 Å². The molecule has 3 rings (SSSR count). The van der Waals surface area contributed by atoms with E-state index in [0.29, 0.717) is 17.3 Å². The van der Waals surface area contributed by atoms with Crippen LogP contribution < -0.4 is 0 Å². The third kappa shape index (κ3) is 2.20. The van der Waals surface area contributed by atoms with Crippen LogP contribution in [-0.4, -0.2) is 4.57 Å². The van der Waals surface area contributed by atoms with E-state index in [1.165, 1.54) is 11.1 Å². The molecule has 1 heterocycles. The van der Waals surface area contributed by atoms with Crippen LogP contribution in [0.15, 0.2) is 42.5 Å². The summed E-state index contributed by atoms with van der Waals surface area (Å²) in [4.78, 5) is 0. The number of hydrogen-bond donors (Lipinski definition) is 0. The second-order valence-corrected chi connectivity index (χ2v) is 5.62. The molecular formula is C18H15ClN2. The van der Waals surface area contributed by atoms with E-state index in [-0.39, 0.29) is 0 Å². The summed E-state index contributed by atoms with van der Waals surface area (Å²) in [6, 6.07) is 16.5. The largest absolute Gasteiger partial charge is 0.326 e. The molecule has 3 aromatic rings. The first kappa shape index (κ1) is 13.7. The normalized spacial score (nSPS) is 10.8. The van der Waals surface area contributed by atoms with E-state index in [2.05, 4.69) is 25.1 Å². The average molecular weight is 295 g/mol. The van der Waals surface area contributed by atoms with Gasteiger partial charge in [0.1, 0.15) is 11.2 Å². The lowest BCUT2D eigenvalue weighted by molar-refractivity contribution is 0.828. The number of halogens is 1. The molecule has 0 saturated carbocycles. The second-order valence-electron chi connectivity index (χ2n) is 5.26. The zero-order chi connectivity index (χ0) is 15.0. The number of para-hydroxylation sites is 1. The van der Waals surface area contributed by atoms with Gasteiger partial charge in [-0.1, -0.05) is 54.1 Å². The first-order valence-corrected chi connectivity index (χ1v) is 7.23. The fraction of sp³-hybridized carbons (Fsp3) is 0.167. The van der Waals surface area contributed by atoms with E-state index in [0.717, 1.165) is 16.5 Å². The Kier molecular flexibility index (Phi) is 3.45. The van der Waals surface area contributed by atoms with Gasteiger partial charge in [0, 0.05) is 11.9 Å². The summed E-state index contributed by atoms with van der Waals surface area (Å²) in [7, 11) is 0. The predicted molar refractivity (Wildman–Crippen MR) is 86.7 cm³/mol. The van der Waals surface area contributed by atoms with Gasteiger partial charge in [-0.05, 0) is 30.5 Å². The number of aryl methyl sites for hydroxylation is 2. The molecule has 0 aliphatic heterocycles. The van der Waals surface area contributed by atoms with Gasteiger partial charge in [0.25, 0.3) is 0 Å². The fourth-order valence-corrected chi connectivity index (χ4v) is 3.06. The maximum absolute atomic E-state index is 9.39. The second kappa shape index (κ2) is 5.27. The van der Waals surface area contributed by atoms with Gasteiger partial charge >= 0.3 is 0 Å². The van der Waals surface area contributed by atoms with Crippen molar-refractivity contribution in [1.29, 1.82) is 5.26 Å². The zero-order valence-corrected chi connectivity index (χ0v) is 12.8. The Morgan fingerprint density at radius 1 is 1.05 bits per heavy atom. The number of hydrogen-bond acceptors (Lipinski definition) is 1. The van der Waals surface area contributed by atoms with Crippen molar-refractivity contribution in [3.05, 3.63) is 69.9 Å². The Morgan fingerprint density at radius 3 is 2.48 bits per heavy atom. The average Bonchev–Trinajstić information content (AvgIpc) is 2.75. The Morgan fingerprint density at radius 2 is 1.76 bits per heavy atom. The minimum Gasteiger partial charge on any atom is -0.326 e. The summed E-state index contributed by atoms with van der Waals surface area (Å²) in [6.45, 7) is 4.82. The maximum atomic E-state index is 9.39. The van der Waals surface area contributed by atoms with Crippen molar-refractivity contribution >= 4 is 22.5 Å². The maximum Gasteiger partial charge on any atom is 0.128 e. The summed E-state index contributed by atoms with van der Waals surface area (Å²) < 4.78 is 2.03. The van der Waals surface area contributed by atoms with Crippen molar-refractivity contribution in [2.75, 3.05) is 0 Å². The molecule has 21 heavy (non-hydrogen) atoms. The number of fused-ring (bicyclic) bond motifs is 1. The lowest BCUT2D eigenvalue weighted by Gasteiger charge is -2.11. The van der Waals surface area contributed by atoms with E-state index >= 15 is 0 Å². The molecule has 0 spiro atoms. The first-order valence-electron chi connectivity index (χ1n) is 6.85. The van der Waals surface area contributed by atoms with Crippen LogP contribution in [0.2, 0.25) is 5.15 Å². The van der Waals surface area contributed by atoms with Crippen LogP contribution in [0, 0.1) is 25.2 Å². The Hall–Kier alpha value is -2.24. The van der Waals surface area contributed by atoms with Crippen molar-refractivity contribution in [2.45, 2.75) is 20.4 Å². The SMILES string of the molecule is Cc1ccccc1Cn1c(Cl)c(C#N)c2cccc(C)c21. The molecule has 1 aromatic heterocycles. The molecule has 0 bridgehead atoms. The van der Waals surface area contributed by atoms with Crippen LogP contribution in [-0.2, 0) is 6.54 Å². The molecule has 0 N–H and O–H groups in total. The molecule has 0 saturated heterocycles. The van der Waals surface area contributed by atoms with E-state index in [1.807, 2.05) is 41.8 Å². The highest BCUT2D eigenvalue weighted by atomic mass is 35.5. The number of benzene rings is 2. The molecule has 0 aliphatic carbocycles. The highest BCUT2D eigenvalue weighted by Gasteiger charge is 2.17. The molecule has 0 radical (unpaired) electrons. The van der Waals surface area contributed by atoms with Gasteiger partial charge in [-0.15, -0.1) is 0 Å². The monoisotopic (exact) mass is 294 g/mol. The smallest absolute Gasteiger partial charge is 0.128 e. The van der Waals surface area contributed by atoms with Gasteiger partial charge in [-0.2, -0.15) is 5.26 Å². The predicted octanol–water partition coefficient (Wildman–Crippen LogP) is 4.83. The lowest BCUT2D eigenvalue weighted by Crippen LogP contribution is -2.02. The first-order chi connectivity index (χ1) is 10.1. The van der Waals surface area contributed by atoms with Crippen molar-refractivity contribution in [2.24, 2.45) is 0 Å². The molecule has 0 fully saturated rings. The fourth-order valence-electron chi connectivity index (χ4n) is 2.78. The van der Waals surface area contributed by atoms with Crippen molar-refractivity contribution in [3.8, 4) is 6.07 Å². The van der Waals surface area contributed by atoms with Gasteiger partial charge in [-0.3, -0.25) is 0 Å². The minimum atomic E-state index is 0.519. The summed E-state index contributed by atoms with van der Waals surface area (Å²) >= 11 is 6.47. The number of rotatable bonds is 2. The van der Waals surface area contributed by atoms with Gasteiger partial charge in [0.2, 0.25) is 0 Å². The van der Waals surface area contributed by atoms with Gasteiger partial charge in [-0.25, -0.2) is 0 Å². The number of nitrogens with zero attached hydrogens (tertiary/aromatic N) is 2. The highest BCUT2D eigenvalue weighted by molar-refractivity contribution is 6.32. The summed E-state index contributed by atoms with van der Waals surface area (Å²) in [6.07, 6.45) is 0. The van der Waals surface area contributed by atoms with Gasteiger partial charge < -0.3 is 4.57 Å². The van der Waals surface area contributed by atoms with E-state index in [9.17, 15) is 5.26 Å². The van der Waals surface area contributed by atoms with E-state index in [1.54, 1.807) is 0 Å². The van der Waals surface area contributed by atoms with Gasteiger partial charge in [0.05, 0.1) is 11.1 Å². The summed E-state index contributed by atoms with van der Waals surface area (Å²) in [5.74, 6) is 0. The minimum absolute atomic E-state index is 0.519. The van der Waals surface area contributed by atoms with Crippen LogP contribution in [0.3, 0.4) is 0 Å². The van der Waals surface area contributed by atoms with Crippen LogP contribution in [0.1, 0.15) is 22.3 Å². The van der Waals surface area contributed by atoms with Crippen LogP contribution >= 0.6 is 11.6 Å². The number of aromatic nitrogens is 1.